The number of allylic oxidation sites excluding steroid dienone is 3. The van der Waals surface area contributed by atoms with Gasteiger partial charge in [0.05, 0.1) is 0 Å². The maximum atomic E-state index is 8.42. The summed E-state index contributed by atoms with van der Waals surface area (Å²) in [6, 6.07) is 0. The van der Waals surface area contributed by atoms with Gasteiger partial charge < -0.3 is 5.11 Å². The van der Waals surface area contributed by atoms with E-state index in [1.165, 1.54) is 0 Å². The van der Waals surface area contributed by atoms with Crippen LogP contribution in [0, 0.1) is 0 Å². The lowest BCUT2D eigenvalue weighted by Gasteiger charge is -1.87. The van der Waals surface area contributed by atoms with Crippen molar-refractivity contribution in [2.24, 2.45) is 0 Å². The molecule has 0 aliphatic carbocycles. The van der Waals surface area contributed by atoms with Crippen molar-refractivity contribution < 1.29 is 5.11 Å². The van der Waals surface area contributed by atoms with Crippen LogP contribution in [0.4, 0.5) is 0 Å². The van der Waals surface area contributed by atoms with Gasteiger partial charge in [-0.05, 0) is 25.7 Å². The van der Waals surface area contributed by atoms with Crippen molar-refractivity contribution in [1.82, 2.24) is 0 Å². The molecule has 0 aromatic heterocycles. The molecular weight excluding hydrogens is 124 g/mol. The maximum absolute atomic E-state index is 8.42. The van der Waals surface area contributed by atoms with Gasteiger partial charge in [-0.2, -0.15) is 0 Å². The van der Waals surface area contributed by atoms with E-state index in [1.54, 1.807) is 0 Å². The standard InChI is InChI=1S/C9H16O/c1-2-3-4-5-6-7-8-9-10/h2,5-6,10H,1,3-4,7-9H2. The van der Waals surface area contributed by atoms with E-state index in [2.05, 4.69) is 18.7 Å². The number of hydrogen-bond donors (Lipinski definition) is 1. The highest BCUT2D eigenvalue weighted by atomic mass is 16.2. The van der Waals surface area contributed by atoms with Crippen LogP contribution in [0.5, 0.6) is 0 Å². The zero-order valence-corrected chi connectivity index (χ0v) is 6.42. The second-order valence-electron chi connectivity index (χ2n) is 2.20. The average molecular weight is 140 g/mol. The molecule has 0 spiro atoms. The highest BCUT2D eigenvalue weighted by Crippen LogP contribution is 1.94. The minimum Gasteiger partial charge on any atom is -0.396 e. The molecule has 0 saturated heterocycles. The van der Waals surface area contributed by atoms with Gasteiger partial charge in [0.25, 0.3) is 0 Å². The molecule has 0 radical (unpaired) electrons. The molecule has 1 nitrogen and oxygen atoms in total. The first-order valence-electron chi connectivity index (χ1n) is 3.78. The van der Waals surface area contributed by atoms with Crippen LogP contribution in [-0.4, -0.2) is 11.7 Å². The predicted octanol–water partition coefficient (Wildman–Crippen LogP) is 2.28. The molecule has 58 valence electrons. The summed E-state index contributed by atoms with van der Waals surface area (Å²) < 4.78 is 0. The molecule has 0 aliphatic heterocycles. The zero-order valence-electron chi connectivity index (χ0n) is 6.42. The van der Waals surface area contributed by atoms with Crippen molar-refractivity contribution in [3.05, 3.63) is 24.8 Å². The van der Waals surface area contributed by atoms with Gasteiger partial charge in [-0.15, -0.1) is 6.58 Å². The SMILES string of the molecule is C=CCCC=CCCCO. The third-order valence-electron chi connectivity index (χ3n) is 1.23. The molecule has 0 aromatic carbocycles. The fraction of sp³-hybridized carbons (Fsp3) is 0.556. The summed E-state index contributed by atoms with van der Waals surface area (Å²) in [6.45, 7) is 3.92. The van der Waals surface area contributed by atoms with E-state index in [9.17, 15) is 0 Å². The minimum atomic E-state index is 0.297. The number of unbranched alkanes of at least 4 members (excludes halogenated alkanes) is 2. The first-order chi connectivity index (χ1) is 4.91. The van der Waals surface area contributed by atoms with Crippen LogP contribution in [0.3, 0.4) is 0 Å². The lowest BCUT2D eigenvalue weighted by atomic mass is 10.2. The highest BCUT2D eigenvalue weighted by molar-refractivity contribution is 4.83. The molecule has 0 bridgehead atoms. The van der Waals surface area contributed by atoms with Gasteiger partial charge in [-0.25, -0.2) is 0 Å². The Morgan fingerprint density at radius 1 is 1.10 bits per heavy atom. The molecule has 0 amide bonds. The lowest BCUT2D eigenvalue weighted by Crippen LogP contribution is -1.78. The summed E-state index contributed by atoms with van der Waals surface area (Å²) in [5, 5.41) is 8.42. The van der Waals surface area contributed by atoms with Crippen LogP contribution in [0.15, 0.2) is 24.8 Å². The Bertz CT molecular complexity index is 94.9. The quantitative estimate of drug-likeness (QED) is 0.443. The van der Waals surface area contributed by atoms with Gasteiger partial charge >= 0.3 is 0 Å². The summed E-state index contributed by atoms with van der Waals surface area (Å²) >= 11 is 0. The fourth-order valence-corrected chi connectivity index (χ4v) is 0.659. The first kappa shape index (κ1) is 9.44. The maximum Gasteiger partial charge on any atom is 0.0433 e. The van der Waals surface area contributed by atoms with Crippen molar-refractivity contribution in [2.75, 3.05) is 6.61 Å². The van der Waals surface area contributed by atoms with E-state index in [-0.39, 0.29) is 0 Å². The van der Waals surface area contributed by atoms with Crippen LogP contribution in [0.2, 0.25) is 0 Å². The average Bonchev–Trinajstić information content (AvgIpc) is 1.97. The Kier molecular flexibility index (Phi) is 7.97. The number of aliphatic hydroxyl groups excluding tert-OH is 1. The fourth-order valence-electron chi connectivity index (χ4n) is 0.659. The van der Waals surface area contributed by atoms with Crippen molar-refractivity contribution in [2.45, 2.75) is 25.7 Å². The van der Waals surface area contributed by atoms with Crippen LogP contribution in [-0.2, 0) is 0 Å². The molecular formula is C9H16O. The third-order valence-corrected chi connectivity index (χ3v) is 1.23. The number of rotatable bonds is 6. The second kappa shape index (κ2) is 8.44. The van der Waals surface area contributed by atoms with Crippen molar-refractivity contribution in [3.8, 4) is 0 Å². The Morgan fingerprint density at radius 2 is 1.80 bits per heavy atom. The zero-order chi connectivity index (χ0) is 7.66. The lowest BCUT2D eigenvalue weighted by molar-refractivity contribution is 0.289. The van der Waals surface area contributed by atoms with Gasteiger partial charge in [0.2, 0.25) is 0 Å². The van der Waals surface area contributed by atoms with Crippen molar-refractivity contribution in [1.29, 1.82) is 0 Å². The van der Waals surface area contributed by atoms with Gasteiger partial charge in [0.1, 0.15) is 0 Å². The van der Waals surface area contributed by atoms with Gasteiger partial charge in [-0.3, -0.25) is 0 Å². The minimum absolute atomic E-state index is 0.297. The summed E-state index contributed by atoms with van der Waals surface area (Å²) in [5.74, 6) is 0. The summed E-state index contributed by atoms with van der Waals surface area (Å²) in [5.41, 5.74) is 0. The highest BCUT2D eigenvalue weighted by Gasteiger charge is 1.78. The Labute approximate surface area is 63.1 Å². The molecule has 0 aliphatic rings. The van der Waals surface area contributed by atoms with Crippen molar-refractivity contribution >= 4 is 0 Å². The topological polar surface area (TPSA) is 20.2 Å². The molecule has 0 heterocycles. The number of hydrogen-bond acceptors (Lipinski definition) is 1. The molecule has 1 heteroatoms. The largest absolute Gasteiger partial charge is 0.396 e. The number of aliphatic hydroxyl groups is 1. The molecule has 0 rings (SSSR count). The molecule has 0 fully saturated rings. The Balaban J connectivity index is 2.96. The smallest absolute Gasteiger partial charge is 0.0433 e. The van der Waals surface area contributed by atoms with Crippen LogP contribution < -0.4 is 0 Å². The van der Waals surface area contributed by atoms with E-state index in [0.717, 1.165) is 25.7 Å². The summed E-state index contributed by atoms with van der Waals surface area (Å²) in [4.78, 5) is 0. The van der Waals surface area contributed by atoms with Gasteiger partial charge in [-0.1, -0.05) is 18.2 Å². The van der Waals surface area contributed by atoms with Gasteiger partial charge in [0, 0.05) is 6.61 Å². The van der Waals surface area contributed by atoms with Crippen LogP contribution in [0.1, 0.15) is 25.7 Å². The molecule has 0 saturated carbocycles. The van der Waals surface area contributed by atoms with E-state index in [0.29, 0.717) is 6.61 Å². The Morgan fingerprint density at radius 3 is 2.40 bits per heavy atom. The first-order valence-corrected chi connectivity index (χ1v) is 3.78. The van der Waals surface area contributed by atoms with Gasteiger partial charge in [0.15, 0.2) is 0 Å². The van der Waals surface area contributed by atoms with Crippen LogP contribution >= 0.6 is 0 Å². The summed E-state index contributed by atoms with van der Waals surface area (Å²) in [6.07, 6.45) is 10.2. The Hall–Kier alpha value is -0.560. The molecule has 0 atom stereocenters. The van der Waals surface area contributed by atoms with E-state index >= 15 is 0 Å². The van der Waals surface area contributed by atoms with E-state index in [4.69, 9.17) is 5.11 Å². The monoisotopic (exact) mass is 140 g/mol. The second-order valence-corrected chi connectivity index (χ2v) is 2.20. The normalized spacial score (nSPS) is 10.5. The molecule has 10 heavy (non-hydrogen) atoms. The van der Waals surface area contributed by atoms with E-state index in [1.807, 2.05) is 6.08 Å². The molecule has 1 N–H and O–H groups in total. The predicted molar refractivity (Wildman–Crippen MR) is 44.9 cm³/mol. The third kappa shape index (κ3) is 7.44. The molecule has 0 aromatic rings. The van der Waals surface area contributed by atoms with Crippen molar-refractivity contribution in [3.63, 3.8) is 0 Å². The summed E-state index contributed by atoms with van der Waals surface area (Å²) in [7, 11) is 0. The van der Waals surface area contributed by atoms with E-state index < -0.39 is 0 Å². The molecule has 0 unspecified atom stereocenters. The van der Waals surface area contributed by atoms with Crippen LogP contribution in [0.25, 0.3) is 0 Å².